The first kappa shape index (κ1) is 17.8. The fraction of sp³-hybridized carbons (Fsp3) is 0.429. The van der Waals surface area contributed by atoms with Crippen molar-refractivity contribution in [1.29, 1.82) is 0 Å². The predicted molar refractivity (Wildman–Crippen MR) is 87.6 cm³/mol. The molecule has 3 rings (SSSR count). The molecule has 10 nitrogen and oxygen atoms in total. The van der Waals surface area contributed by atoms with E-state index in [-0.39, 0.29) is 6.61 Å². The summed E-state index contributed by atoms with van der Waals surface area (Å²) in [6.07, 6.45) is 4.67. The first-order valence-corrected chi connectivity index (χ1v) is 8.61. The molecule has 0 radical (unpaired) electrons. The molecule has 5 atom stereocenters. The van der Waals surface area contributed by atoms with Gasteiger partial charge in [-0.1, -0.05) is 5.92 Å². The van der Waals surface area contributed by atoms with Crippen molar-refractivity contribution in [3.8, 4) is 12.3 Å². The van der Waals surface area contributed by atoms with E-state index in [2.05, 4.69) is 15.9 Å². The van der Waals surface area contributed by atoms with Crippen molar-refractivity contribution in [3.63, 3.8) is 0 Å². The molecule has 1 aliphatic rings. The molecule has 4 N–H and O–H groups in total. The van der Waals surface area contributed by atoms with Gasteiger partial charge < -0.3 is 29.7 Å². The van der Waals surface area contributed by atoms with E-state index in [1.165, 1.54) is 12.5 Å². The minimum absolute atomic E-state index is 0.0723. The maximum Gasteiger partial charge on any atom is 0.317 e. The van der Waals surface area contributed by atoms with Crippen LogP contribution in [0.2, 0.25) is 0 Å². The van der Waals surface area contributed by atoms with E-state index in [1.54, 1.807) is 10.6 Å². The number of pyridine rings is 1. The van der Waals surface area contributed by atoms with Crippen LogP contribution in [0.4, 0.5) is 5.69 Å². The normalized spacial score (nSPS) is 27.4. The van der Waals surface area contributed by atoms with Crippen molar-refractivity contribution in [2.24, 2.45) is 0 Å². The highest BCUT2D eigenvalue weighted by atomic mass is 31.1. The minimum Gasteiger partial charge on any atom is -0.397 e. The summed E-state index contributed by atoms with van der Waals surface area (Å²) in [5.41, 5.74) is 7.23. The topological polar surface area (TPSA) is 142 Å². The zero-order chi connectivity index (χ0) is 18.0. The van der Waals surface area contributed by atoms with Crippen LogP contribution < -0.4 is 5.73 Å². The molecular formula is C14H17N4O6P. The van der Waals surface area contributed by atoms with Crippen molar-refractivity contribution in [3.05, 3.63) is 18.6 Å². The Morgan fingerprint density at radius 1 is 1.48 bits per heavy atom. The molecule has 0 bridgehead atoms. The lowest BCUT2D eigenvalue weighted by molar-refractivity contribution is -0.0635. The average Bonchev–Trinajstić information content (AvgIpc) is 3.15. The first-order valence-electron chi connectivity index (χ1n) is 7.34. The Hall–Kier alpha value is -1.99. The van der Waals surface area contributed by atoms with Gasteiger partial charge in [0.1, 0.15) is 30.4 Å². The Balaban J connectivity index is 2.01. The zero-order valence-corrected chi connectivity index (χ0v) is 14.0. The minimum atomic E-state index is -3.29. The third-order valence-electron chi connectivity index (χ3n) is 3.83. The van der Waals surface area contributed by atoms with Crippen LogP contribution in [0.15, 0.2) is 18.6 Å². The average molecular weight is 368 g/mol. The van der Waals surface area contributed by atoms with E-state index >= 15 is 0 Å². The number of aliphatic hydroxyl groups excluding tert-OH is 1. The number of ether oxygens (including phenoxy) is 2. The van der Waals surface area contributed by atoms with Crippen molar-refractivity contribution in [1.82, 2.24) is 14.5 Å². The maximum absolute atomic E-state index is 11.2. The third-order valence-corrected chi connectivity index (χ3v) is 4.30. The van der Waals surface area contributed by atoms with Crippen LogP contribution in [0.3, 0.4) is 0 Å². The van der Waals surface area contributed by atoms with Crippen molar-refractivity contribution in [2.75, 3.05) is 18.9 Å². The highest BCUT2D eigenvalue weighted by molar-refractivity contribution is 7.32. The van der Waals surface area contributed by atoms with E-state index < -0.39 is 39.4 Å². The molecule has 25 heavy (non-hydrogen) atoms. The Bertz CT molecular complexity index is 821. The van der Waals surface area contributed by atoms with Gasteiger partial charge >= 0.3 is 8.25 Å². The number of terminal acetylenes is 1. The number of anilines is 1. The molecule has 2 aromatic rings. The van der Waals surface area contributed by atoms with Crippen LogP contribution in [0.1, 0.15) is 6.23 Å². The van der Waals surface area contributed by atoms with E-state index in [1.807, 2.05) is 0 Å². The number of imidazole rings is 1. The summed E-state index contributed by atoms with van der Waals surface area (Å²) in [6, 6.07) is 1.61. The molecule has 1 fully saturated rings. The third kappa shape index (κ3) is 3.39. The molecule has 2 unspecified atom stereocenters. The first-order chi connectivity index (χ1) is 12.1. The molecule has 1 aliphatic heterocycles. The van der Waals surface area contributed by atoms with Crippen molar-refractivity contribution in [2.45, 2.75) is 24.5 Å². The summed E-state index contributed by atoms with van der Waals surface area (Å²) < 4.78 is 29.1. The molecule has 0 spiro atoms. The smallest absolute Gasteiger partial charge is 0.317 e. The number of nitrogens with two attached hydrogens (primary N) is 1. The van der Waals surface area contributed by atoms with Crippen molar-refractivity contribution >= 4 is 25.1 Å². The fourth-order valence-corrected chi connectivity index (χ4v) is 3.32. The number of aromatic nitrogens is 3. The highest BCUT2D eigenvalue weighted by Gasteiger charge is 2.48. The van der Waals surface area contributed by atoms with E-state index in [9.17, 15) is 9.67 Å². The number of rotatable bonds is 6. The van der Waals surface area contributed by atoms with Gasteiger partial charge in [-0.05, 0) is 6.07 Å². The Morgan fingerprint density at radius 3 is 2.96 bits per heavy atom. The van der Waals surface area contributed by atoms with Crippen LogP contribution in [0.25, 0.3) is 11.2 Å². The summed E-state index contributed by atoms with van der Waals surface area (Å²) in [6.45, 7) is -0.508. The van der Waals surface area contributed by atoms with Gasteiger partial charge in [0.2, 0.25) is 0 Å². The van der Waals surface area contributed by atoms with Crippen LogP contribution in [0.5, 0.6) is 0 Å². The van der Waals surface area contributed by atoms with Gasteiger partial charge in [0.05, 0.1) is 18.6 Å². The molecule has 2 aromatic heterocycles. The summed E-state index contributed by atoms with van der Waals surface area (Å²) in [7, 11) is -3.29. The van der Waals surface area contributed by atoms with Crippen LogP contribution in [-0.4, -0.2) is 56.1 Å². The van der Waals surface area contributed by atoms with Gasteiger partial charge in [-0.25, -0.2) is 9.97 Å². The fourth-order valence-electron chi connectivity index (χ4n) is 2.80. The number of hydrogen-bond acceptors (Lipinski definition) is 8. The SMILES string of the molecule is C#CCO[C@H]1C(O[PH](=O)O)[C@@H](CO)O[C@H]1n1cnc2c(N)ccnc21. The summed E-state index contributed by atoms with van der Waals surface area (Å²) in [5.74, 6) is 2.32. The quantitative estimate of drug-likeness (QED) is 0.462. The molecular weight excluding hydrogens is 351 g/mol. The standard InChI is InChI=1S/C14H17N4O6P/c1-2-5-22-12-11(24-25(20)21)9(6-19)23-14(12)18-7-17-10-8(15)3-4-16-13(10)18/h1,3-4,7,9,11-12,14,19,25H,5-6H2,(H2,15,16)(H,20,21)/t9-,11?,12+,14-/m1/s1. The second-order valence-corrected chi connectivity index (χ2v) is 6.07. The van der Waals surface area contributed by atoms with Crippen LogP contribution in [-0.2, 0) is 18.6 Å². The summed E-state index contributed by atoms with van der Waals surface area (Å²) in [4.78, 5) is 17.6. The van der Waals surface area contributed by atoms with E-state index in [0.717, 1.165) is 0 Å². The number of nitrogen functional groups attached to an aromatic ring is 1. The zero-order valence-electron chi connectivity index (χ0n) is 13.0. The number of nitrogens with zero attached hydrogens (tertiary/aromatic N) is 3. The van der Waals surface area contributed by atoms with Crippen molar-refractivity contribution < 1.29 is 28.6 Å². The van der Waals surface area contributed by atoms with Gasteiger partial charge in [-0.15, -0.1) is 6.42 Å². The molecule has 3 heterocycles. The van der Waals surface area contributed by atoms with Gasteiger partial charge in [0, 0.05) is 6.20 Å². The number of fused-ring (bicyclic) bond motifs is 1. The largest absolute Gasteiger partial charge is 0.397 e. The molecule has 134 valence electrons. The Kier molecular flexibility index (Phi) is 5.34. The summed E-state index contributed by atoms with van der Waals surface area (Å²) >= 11 is 0. The van der Waals surface area contributed by atoms with Gasteiger partial charge in [-0.2, -0.15) is 0 Å². The van der Waals surface area contributed by atoms with Gasteiger partial charge in [-0.3, -0.25) is 9.13 Å². The maximum atomic E-state index is 11.2. The Morgan fingerprint density at radius 2 is 2.28 bits per heavy atom. The second-order valence-electron chi connectivity index (χ2n) is 5.30. The van der Waals surface area contributed by atoms with Crippen LogP contribution >= 0.6 is 8.25 Å². The molecule has 1 saturated heterocycles. The van der Waals surface area contributed by atoms with Gasteiger partial charge in [0.25, 0.3) is 0 Å². The lowest BCUT2D eigenvalue weighted by Crippen LogP contribution is -2.36. The summed E-state index contributed by atoms with van der Waals surface area (Å²) in [5, 5.41) is 9.53. The number of aliphatic hydroxyl groups is 1. The van der Waals surface area contributed by atoms with E-state index in [4.69, 9.17) is 31.0 Å². The second kappa shape index (κ2) is 7.49. The molecule has 11 heteroatoms. The predicted octanol–water partition coefficient (Wildman–Crippen LogP) is -0.311. The molecule has 0 amide bonds. The van der Waals surface area contributed by atoms with E-state index in [0.29, 0.717) is 16.9 Å². The highest BCUT2D eigenvalue weighted by Crippen LogP contribution is 2.38. The lowest BCUT2D eigenvalue weighted by atomic mass is 10.1. The van der Waals surface area contributed by atoms with Gasteiger partial charge in [0.15, 0.2) is 11.9 Å². The molecule has 0 aliphatic carbocycles. The molecule has 0 aromatic carbocycles. The Labute approximate surface area is 143 Å². The van der Waals surface area contributed by atoms with Crippen LogP contribution in [0, 0.1) is 12.3 Å². The lowest BCUT2D eigenvalue weighted by Gasteiger charge is -2.23. The monoisotopic (exact) mass is 368 g/mol. The number of hydrogen-bond donors (Lipinski definition) is 3. The molecule has 0 saturated carbocycles.